The fourth-order valence-electron chi connectivity index (χ4n) is 3.02. The SMILES string of the molecule is COC(=O)C1C(C#N)C(=O)C2CCCC21. The van der Waals surface area contributed by atoms with E-state index in [9.17, 15) is 9.59 Å². The molecule has 2 fully saturated rings. The average Bonchev–Trinajstić information content (AvgIpc) is 2.79. The van der Waals surface area contributed by atoms with Gasteiger partial charge in [0.2, 0.25) is 0 Å². The molecule has 15 heavy (non-hydrogen) atoms. The molecule has 2 rings (SSSR count). The van der Waals surface area contributed by atoms with Crippen LogP contribution < -0.4 is 0 Å². The van der Waals surface area contributed by atoms with Crippen molar-refractivity contribution in [1.29, 1.82) is 5.26 Å². The van der Waals surface area contributed by atoms with Gasteiger partial charge in [-0.1, -0.05) is 6.42 Å². The van der Waals surface area contributed by atoms with Crippen LogP contribution in [0.15, 0.2) is 0 Å². The molecule has 0 spiro atoms. The van der Waals surface area contributed by atoms with Gasteiger partial charge in [0.05, 0.1) is 19.1 Å². The number of methoxy groups -OCH3 is 1. The highest BCUT2D eigenvalue weighted by Crippen LogP contribution is 2.48. The lowest BCUT2D eigenvalue weighted by Crippen LogP contribution is -2.26. The lowest BCUT2D eigenvalue weighted by molar-refractivity contribution is -0.148. The molecule has 0 heterocycles. The van der Waals surface area contributed by atoms with Gasteiger partial charge in [0.15, 0.2) is 5.78 Å². The van der Waals surface area contributed by atoms with E-state index in [0.29, 0.717) is 0 Å². The van der Waals surface area contributed by atoms with Crippen molar-refractivity contribution < 1.29 is 14.3 Å². The first-order valence-electron chi connectivity index (χ1n) is 5.22. The van der Waals surface area contributed by atoms with Crippen molar-refractivity contribution in [3.05, 3.63) is 0 Å². The minimum absolute atomic E-state index is 0.0459. The van der Waals surface area contributed by atoms with E-state index in [1.807, 2.05) is 6.07 Å². The fraction of sp³-hybridized carbons (Fsp3) is 0.727. The number of nitrogens with zero attached hydrogens (tertiary/aromatic N) is 1. The van der Waals surface area contributed by atoms with E-state index in [1.165, 1.54) is 7.11 Å². The molecule has 0 N–H and O–H groups in total. The largest absolute Gasteiger partial charge is 0.469 e. The van der Waals surface area contributed by atoms with Crippen molar-refractivity contribution in [2.24, 2.45) is 23.7 Å². The van der Waals surface area contributed by atoms with E-state index in [2.05, 4.69) is 4.74 Å². The van der Waals surface area contributed by atoms with Crippen LogP contribution in [0.1, 0.15) is 19.3 Å². The molecule has 0 bridgehead atoms. The number of esters is 1. The number of ketones is 1. The Morgan fingerprint density at radius 2 is 2.27 bits per heavy atom. The molecule has 2 aliphatic carbocycles. The van der Waals surface area contributed by atoms with Gasteiger partial charge in [-0.05, 0) is 18.8 Å². The zero-order valence-electron chi connectivity index (χ0n) is 8.60. The summed E-state index contributed by atoms with van der Waals surface area (Å²) in [6.45, 7) is 0. The number of hydrogen-bond acceptors (Lipinski definition) is 4. The summed E-state index contributed by atoms with van der Waals surface area (Å²) in [6, 6.07) is 1.96. The summed E-state index contributed by atoms with van der Waals surface area (Å²) in [4.78, 5) is 23.4. The molecule has 80 valence electrons. The van der Waals surface area contributed by atoms with Gasteiger partial charge in [0.1, 0.15) is 5.92 Å². The Bertz CT molecular complexity index is 344. The van der Waals surface area contributed by atoms with Gasteiger partial charge in [-0.25, -0.2) is 0 Å². The maximum atomic E-state index is 11.8. The lowest BCUT2D eigenvalue weighted by atomic mass is 9.88. The van der Waals surface area contributed by atoms with E-state index in [-0.39, 0.29) is 17.6 Å². The molecule has 0 aromatic heterocycles. The van der Waals surface area contributed by atoms with E-state index in [4.69, 9.17) is 5.26 Å². The number of carbonyl (C=O) groups is 2. The van der Waals surface area contributed by atoms with Crippen molar-refractivity contribution in [1.82, 2.24) is 0 Å². The molecule has 2 aliphatic rings. The van der Waals surface area contributed by atoms with Gasteiger partial charge >= 0.3 is 5.97 Å². The minimum atomic E-state index is -0.771. The van der Waals surface area contributed by atoms with E-state index >= 15 is 0 Å². The van der Waals surface area contributed by atoms with Crippen molar-refractivity contribution in [3.8, 4) is 6.07 Å². The molecular weight excluding hydrogens is 194 g/mol. The normalized spacial score (nSPS) is 38.5. The Morgan fingerprint density at radius 3 is 2.87 bits per heavy atom. The number of carbonyl (C=O) groups excluding carboxylic acids is 2. The maximum absolute atomic E-state index is 11.8. The predicted molar refractivity (Wildman–Crippen MR) is 50.4 cm³/mol. The summed E-state index contributed by atoms with van der Waals surface area (Å²) >= 11 is 0. The van der Waals surface area contributed by atoms with Gasteiger partial charge < -0.3 is 4.74 Å². The molecule has 0 aromatic rings. The topological polar surface area (TPSA) is 67.2 Å². The van der Waals surface area contributed by atoms with Crippen LogP contribution in [0.4, 0.5) is 0 Å². The van der Waals surface area contributed by atoms with Crippen LogP contribution in [0.5, 0.6) is 0 Å². The number of ether oxygens (including phenoxy) is 1. The first-order chi connectivity index (χ1) is 7.20. The van der Waals surface area contributed by atoms with Crippen LogP contribution in [0, 0.1) is 35.0 Å². The monoisotopic (exact) mass is 207 g/mol. The van der Waals surface area contributed by atoms with E-state index in [0.717, 1.165) is 19.3 Å². The molecule has 4 heteroatoms. The zero-order valence-corrected chi connectivity index (χ0v) is 8.60. The highest BCUT2D eigenvalue weighted by Gasteiger charge is 2.55. The van der Waals surface area contributed by atoms with E-state index in [1.54, 1.807) is 0 Å². The molecule has 0 aliphatic heterocycles. The quantitative estimate of drug-likeness (QED) is 0.599. The Morgan fingerprint density at radius 1 is 1.53 bits per heavy atom. The Labute approximate surface area is 88.2 Å². The van der Waals surface area contributed by atoms with Crippen LogP contribution in [0.2, 0.25) is 0 Å². The fourth-order valence-corrected chi connectivity index (χ4v) is 3.02. The molecule has 4 atom stereocenters. The van der Waals surface area contributed by atoms with Gasteiger partial charge in [-0.15, -0.1) is 0 Å². The predicted octanol–water partition coefficient (Wildman–Crippen LogP) is 0.914. The van der Waals surface area contributed by atoms with Crippen molar-refractivity contribution in [2.75, 3.05) is 7.11 Å². The first kappa shape index (κ1) is 10.2. The minimum Gasteiger partial charge on any atom is -0.469 e. The van der Waals surface area contributed by atoms with Crippen molar-refractivity contribution in [3.63, 3.8) is 0 Å². The second-order valence-corrected chi connectivity index (χ2v) is 4.26. The smallest absolute Gasteiger partial charge is 0.310 e. The molecule has 0 aromatic carbocycles. The van der Waals surface area contributed by atoms with Gasteiger partial charge in [-0.2, -0.15) is 5.26 Å². The third-order valence-corrected chi connectivity index (χ3v) is 3.67. The Hall–Kier alpha value is -1.37. The van der Waals surface area contributed by atoms with Crippen LogP contribution in [0.3, 0.4) is 0 Å². The van der Waals surface area contributed by atoms with Crippen LogP contribution in [-0.4, -0.2) is 18.9 Å². The average molecular weight is 207 g/mol. The van der Waals surface area contributed by atoms with Gasteiger partial charge in [0, 0.05) is 5.92 Å². The molecule has 2 saturated carbocycles. The van der Waals surface area contributed by atoms with Gasteiger partial charge in [-0.3, -0.25) is 9.59 Å². The molecule has 4 unspecified atom stereocenters. The molecule has 0 radical (unpaired) electrons. The Balaban J connectivity index is 2.31. The highest BCUT2D eigenvalue weighted by atomic mass is 16.5. The third kappa shape index (κ3) is 1.34. The first-order valence-corrected chi connectivity index (χ1v) is 5.22. The molecule has 0 amide bonds. The number of Topliss-reactive ketones (excluding diaryl/α,β-unsaturated/α-hetero) is 1. The second-order valence-electron chi connectivity index (χ2n) is 4.26. The number of fused-ring (bicyclic) bond motifs is 1. The summed E-state index contributed by atoms with van der Waals surface area (Å²) in [5, 5.41) is 8.93. The van der Waals surface area contributed by atoms with E-state index < -0.39 is 17.8 Å². The third-order valence-electron chi connectivity index (χ3n) is 3.67. The number of hydrogen-bond donors (Lipinski definition) is 0. The summed E-state index contributed by atoms with van der Waals surface area (Å²) in [5.41, 5.74) is 0. The standard InChI is InChI=1S/C11H13NO3/c1-15-11(14)9-6-3-2-4-7(6)10(13)8(9)5-12/h6-9H,2-4H2,1H3. The highest BCUT2D eigenvalue weighted by molar-refractivity contribution is 5.94. The number of rotatable bonds is 1. The van der Waals surface area contributed by atoms with Gasteiger partial charge in [0.25, 0.3) is 0 Å². The number of nitriles is 1. The molecular formula is C11H13NO3. The molecule has 4 nitrogen and oxygen atoms in total. The molecule has 0 saturated heterocycles. The van der Waals surface area contributed by atoms with Crippen LogP contribution in [-0.2, 0) is 14.3 Å². The summed E-state index contributed by atoms with van der Waals surface area (Å²) in [7, 11) is 1.31. The maximum Gasteiger partial charge on any atom is 0.310 e. The van der Waals surface area contributed by atoms with Crippen LogP contribution in [0.25, 0.3) is 0 Å². The van der Waals surface area contributed by atoms with Crippen molar-refractivity contribution in [2.45, 2.75) is 19.3 Å². The Kier molecular flexibility index (Phi) is 2.47. The summed E-state index contributed by atoms with van der Waals surface area (Å²) in [6.07, 6.45) is 2.68. The zero-order chi connectivity index (χ0) is 11.0. The summed E-state index contributed by atoms with van der Waals surface area (Å²) < 4.78 is 4.68. The van der Waals surface area contributed by atoms with Crippen LogP contribution >= 0.6 is 0 Å². The summed E-state index contributed by atoms with van der Waals surface area (Å²) in [5.74, 6) is -1.75. The van der Waals surface area contributed by atoms with Crippen molar-refractivity contribution >= 4 is 11.8 Å². The lowest BCUT2D eigenvalue weighted by Gasteiger charge is -2.15. The second kappa shape index (κ2) is 3.65.